The third kappa shape index (κ3) is 6.97. The summed E-state index contributed by atoms with van der Waals surface area (Å²) in [5.74, 6) is -3.47. The number of hydrogen-bond acceptors (Lipinski definition) is 3. The van der Waals surface area contributed by atoms with Gasteiger partial charge in [-0.05, 0) is 42.0 Å². The van der Waals surface area contributed by atoms with E-state index < -0.39 is 30.3 Å². The third-order valence-electron chi connectivity index (χ3n) is 8.27. The van der Waals surface area contributed by atoms with Gasteiger partial charge in [0.1, 0.15) is 6.10 Å². The van der Waals surface area contributed by atoms with Gasteiger partial charge in [0.2, 0.25) is 0 Å². The van der Waals surface area contributed by atoms with E-state index in [4.69, 9.17) is 14.2 Å². The summed E-state index contributed by atoms with van der Waals surface area (Å²) in [7, 11) is 0. The summed E-state index contributed by atoms with van der Waals surface area (Å²) >= 11 is 0. The van der Waals surface area contributed by atoms with E-state index in [2.05, 4.69) is 0 Å². The van der Waals surface area contributed by atoms with Crippen molar-refractivity contribution in [3.8, 4) is 0 Å². The van der Waals surface area contributed by atoms with Crippen molar-refractivity contribution in [2.45, 2.75) is 77.2 Å². The first-order valence-electron chi connectivity index (χ1n) is 14.8. The maximum Gasteiger partial charge on any atom is 0.301 e. The summed E-state index contributed by atoms with van der Waals surface area (Å²) in [4.78, 5) is 0. The van der Waals surface area contributed by atoms with E-state index in [-0.39, 0.29) is 18.1 Å². The quantitative estimate of drug-likeness (QED) is 0.181. The predicted molar refractivity (Wildman–Crippen MR) is 162 cm³/mol. The van der Waals surface area contributed by atoms with Gasteiger partial charge in [-0.3, -0.25) is 0 Å². The lowest BCUT2D eigenvalue weighted by molar-refractivity contribution is -0.287. The Hall–Kier alpha value is -3.38. The highest BCUT2D eigenvalue weighted by Gasteiger charge is 2.56. The summed E-state index contributed by atoms with van der Waals surface area (Å²) in [5.41, 5.74) is 4.55. The molecule has 4 aromatic rings. The van der Waals surface area contributed by atoms with E-state index in [0.29, 0.717) is 25.0 Å². The Kier molecular flexibility index (Phi) is 9.84. The fourth-order valence-electron chi connectivity index (χ4n) is 5.87. The van der Waals surface area contributed by atoms with Gasteiger partial charge in [0.25, 0.3) is 0 Å². The zero-order chi connectivity index (χ0) is 29.5. The van der Waals surface area contributed by atoms with Crippen LogP contribution in [0, 0.1) is 12.8 Å². The molecule has 3 nitrogen and oxygen atoms in total. The SMILES string of the molecule is CC[C@H]1O[C@@H](C(F)(F)c2ccccc2Cc2ccc(C)cc2)[C@H](OCc2ccccc2)[C@@H](OCc2ccccc2)[C@@H]1C. The number of aryl methyl sites for hydroxylation is 1. The Balaban J connectivity index is 1.50. The molecule has 0 aliphatic carbocycles. The topological polar surface area (TPSA) is 27.7 Å². The van der Waals surface area contributed by atoms with Crippen molar-refractivity contribution in [1.82, 2.24) is 0 Å². The highest BCUT2D eigenvalue weighted by molar-refractivity contribution is 5.37. The predicted octanol–water partition coefficient (Wildman–Crippen LogP) is 8.66. The molecule has 0 bridgehead atoms. The number of alkyl halides is 2. The van der Waals surface area contributed by atoms with Crippen molar-refractivity contribution in [3.63, 3.8) is 0 Å². The van der Waals surface area contributed by atoms with E-state index in [1.54, 1.807) is 12.1 Å². The van der Waals surface area contributed by atoms with Crippen LogP contribution in [0.15, 0.2) is 109 Å². The molecule has 1 aliphatic rings. The van der Waals surface area contributed by atoms with Crippen molar-refractivity contribution in [3.05, 3.63) is 143 Å². The molecule has 42 heavy (non-hydrogen) atoms. The molecular formula is C37H40F2O3. The van der Waals surface area contributed by atoms with Crippen molar-refractivity contribution in [2.24, 2.45) is 5.92 Å². The minimum atomic E-state index is -3.33. The Labute approximate surface area is 248 Å². The van der Waals surface area contributed by atoms with Gasteiger partial charge in [0, 0.05) is 11.5 Å². The van der Waals surface area contributed by atoms with Gasteiger partial charge in [-0.25, -0.2) is 0 Å². The molecule has 0 unspecified atom stereocenters. The molecule has 5 atom stereocenters. The fourth-order valence-corrected chi connectivity index (χ4v) is 5.87. The van der Waals surface area contributed by atoms with Crippen molar-refractivity contribution >= 4 is 0 Å². The average Bonchev–Trinajstić information content (AvgIpc) is 3.01. The van der Waals surface area contributed by atoms with E-state index in [1.807, 2.05) is 112 Å². The first kappa shape index (κ1) is 30.1. The zero-order valence-electron chi connectivity index (χ0n) is 24.6. The smallest absolute Gasteiger partial charge is 0.301 e. The Morgan fingerprint density at radius 3 is 1.83 bits per heavy atom. The largest absolute Gasteiger partial charge is 0.370 e. The van der Waals surface area contributed by atoms with E-state index in [1.165, 1.54) is 6.07 Å². The normalized spacial score (nSPS) is 22.6. The van der Waals surface area contributed by atoms with Gasteiger partial charge in [-0.2, -0.15) is 8.78 Å². The molecule has 1 aliphatic heterocycles. The lowest BCUT2D eigenvalue weighted by atomic mass is 9.82. The van der Waals surface area contributed by atoms with Gasteiger partial charge >= 0.3 is 5.92 Å². The fraction of sp³-hybridized carbons (Fsp3) is 0.351. The van der Waals surface area contributed by atoms with Crippen LogP contribution in [0.25, 0.3) is 0 Å². The van der Waals surface area contributed by atoms with Gasteiger partial charge in [-0.1, -0.05) is 129 Å². The van der Waals surface area contributed by atoms with Gasteiger partial charge in [0.15, 0.2) is 6.10 Å². The number of hydrogen-bond donors (Lipinski definition) is 0. The highest BCUT2D eigenvalue weighted by Crippen LogP contribution is 2.45. The average molecular weight is 571 g/mol. The number of ether oxygens (including phenoxy) is 3. The van der Waals surface area contributed by atoms with Crippen molar-refractivity contribution in [2.75, 3.05) is 0 Å². The van der Waals surface area contributed by atoms with Crippen LogP contribution in [-0.4, -0.2) is 24.4 Å². The Bertz CT molecular complexity index is 1390. The molecule has 1 fully saturated rings. The second kappa shape index (κ2) is 13.7. The lowest BCUT2D eigenvalue weighted by Crippen LogP contribution is -2.60. The maximum atomic E-state index is 17.0. The molecule has 0 amide bonds. The van der Waals surface area contributed by atoms with Crippen LogP contribution in [-0.2, 0) is 39.8 Å². The highest BCUT2D eigenvalue weighted by atomic mass is 19.3. The summed E-state index contributed by atoms with van der Waals surface area (Å²) in [6.07, 6.45) is -2.52. The van der Waals surface area contributed by atoms with E-state index >= 15 is 8.78 Å². The third-order valence-corrected chi connectivity index (χ3v) is 8.27. The van der Waals surface area contributed by atoms with Crippen molar-refractivity contribution in [1.29, 1.82) is 0 Å². The summed E-state index contributed by atoms with van der Waals surface area (Å²) < 4.78 is 53.1. The van der Waals surface area contributed by atoms with Crippen LogP contribution in [0.1, 0.15) is 53.6 Å². The molecule has 5 rings (SSSR count). The second-order valence-electron chi connectivity index (χ2n) is 11.3. The van der Waals surface area contributed by atoms with E-state index in [0.717, 1.165) is 22.3 Å². The monoisotopic (exact) mass is 570 g/mol. The van der Waals surface area contributed by atoms with Crippen LogP contribution in [0.5, 0.6) is 0 Å². The van der Waals surface area contributed by atoms with Crippen LogP contribution in [0.2, 0.25) is 0 Å². The molecule has 4 aromatic carbocycles. The minimum Gasteiger partial charge on any atom is -0.370 e. The summed E-state index contributed by atoms with van der Waals surface area (Å²) in [6, 6.07) is 34.3. The maximum absolute atomic E-state index is 17.0. The first-order chi connectivity index (χ1) is 20.4. The standard InChI is InChI=1S/C37H40F2O3/c1-4-33-27(3)34(40-24-29-13-7-5-8-14-29)35(41-25-30-15-9-6-10-16-30)36(42-33)37(38,39)32-18-12-11-17-31(32)23-28-21-19-26(2)20-22-28/h5-22,27,33-36H,4,23-25H2,1-3H3/t27-,33-,34+,35-,36-/m1/s1. The minimum absolute atomic E-state index is 0.0323. The lowest BCUT2D eigenvalue weighted by Gasteiger charge is -2.47. The number of rotatable bonds is 11. The molecule has 1 heterocycles. The summed E-state index contributed by atoms with van der Waals surface area (Å²) in [6.45, 7) is 6.49. The molecule has 220 valence electrons. The van der Waals surface area contributed by atoms with Gasteiger partial charge in [-0.15, -0.1) is 0 Å². The first-order valence-corrected chi connectivity index (χ1v) is 14.8. The number of benzene rings is 4. The Morgan fingerprint density at radius 1 is 0.690 bits per heavy atom. The molecule has 0 spiro atoms. The summed E-state index contributed by atoms with van der Waals surface area (Å²) in [5, 5.41) is 0. The molecule has 1 saturated heterocycles. The molecule has 0 saturated carbocycles. The van der Waals surface area contributed by atoms with Crippen LogP contribution < -0.4 is 0 Å². The van der Waals surface area contributed by atoms with Crippen molar-refractivity contribution < 1.29 is 23.0 Å². The molecule has 5 heteroatoms. The van der Waals surface area contributed by atoms with Gasteiger partial charge in [0.05, 0.1) is 25.4 Å². The molecule has 0 N–H and O–H groups in total. The number of halogens is 2. The van der Waals surface area contributed by atoms with Crippen LogP contribution >= 0.6 is 0 Å². The van der Waals surface area contributed by atoms with E-state index in [9.17, 15) is 0 Å². The van der Waals surface area contributed by atoms with Crippen LogP contribution in [0.4, 0.5) is 8.78 Å². The van der Waals surface area contributed by atoms with Gasteiger partial charge < -0.3 is 14.2 Å². The van der Waals surface area contributed by atoms with Crippen LogP contribution in [0.3, 0.4) is 0 Å². The molecular weight excluding hydrogens is 530 g/mol. The second-order valence-corrected chi connectivity index (χ2v) is 11.3. The molecule has 0 radical (unpaired) electrons. The zero-order valence-corrected chi connectivity index (χ0v) is 24.6. The molecule has 0 aromatic heterocycles. The Morgan fingerprint density at radius 2 is 1.24 bits per heavy atom.